The molecule has 2 aromatic rings. The molecule has 0 spiro atoms. The van der Waals surface area contributed by atoms with Gasteiger partial charge in [0.15, 0.2) is 12.2 Å². The number of hydrogen-bond acceptors (Lipinski definition) is 5. The molecule has 1 aliphatic heterocycles. The van der Waals surface area contributed by atoms with Crippen LogP contribution in [0.15, 0.2) is 28.8 Å². The molecule has 1 saturated heterocycles. The van der Waals surface area contributed by atoms with Crippen molar-refractivity contribution in [2.75, 3.05) is 6.61 Å². The van der Waals surface area contributed by atoms with E-state index in [4.69, 9.17) is 9.26 Å². The van der Waals surface area contributed by atoms with Crippen LogP contribution < -0.4 is 0 Å². The van der Waals surface area contributed by atoms with Gasteiger partial charge >= 0.3 is 5.97 Å². The van der Waals surface area contributed by atoms with Crippen molar-refractivity contribution in [1.82, 2.24) is 10.1 Å². The largest absolute Gasteiger partial charge is 0.455 e. The SMILES string of the molecule is C[C@H]1CCC[C@H](C)N1C(=O)COC(=O)Cc1noc2ccccc12. The number of piperidine rings is 1. The number of rotatable bonds is 4. The lowest BCUT2D eigenvalue weighted by atomic mass is 9.97. The first-order valence-corrected chi connectivity index (χ1v) is 8.36. The van der Waals surface area contributed by atoms with Crippen LogP contribution >= 0.6 is 0 Å². The zero-order valence-corrected chi connectivity index (χ0v) is 14.0. The number of amides is 1. The molecule has 0 N–H and O–H groups in total. The van der Waals surface area contributed by atoms with Crippen molar-refractivity contribution in [3.8, 4) is 0 Å². The lowest BCUT2D eigenvalue weighted by Gasteiger charge is -2.38. The van der Waals surface area contributed by atoms with Crippen LogP contribution in [0.1, 0.15) is 38.8 Å². The molecular weight excluding hydrogens is 308 g/mol. The van der Waals surface area contributed by atoms with Crippen LogP contribution in [0.25, 0.3) is 11.0 Å². The number of ether oxygens (including phenoxy) is 1. The molecule has 0 radical (unpaired) electrons. The first-order valence-electron chi connectivity index (χ1n) is 8.36. The third-order valence-electron chi connectivity index (χ3n) is 4.60. The third kappa shape index (κ3) is 3.42. The quantitative estimate of drug-likeness (QED) is 0.806. The second-order valence-electron chi connectivity index (χ2n) is 6.39. The van der Waals surface area contributed by atoms with E-state index in [1.54, 1.807) is 6.07 Å². The fraction of sp³-hybridized carbons (Fsp3) is 0.500. The highest BCUT2D eigenvalue weighted by Gasteiger charge is 2.29. The van der Waals surface area contributed by atoms with Gasteiger partial charge in [-0.1, -0.05) is 17.3 Å². The van der Waals surface area contributed by atoms with E-state index in [9.17, 15) is 9.59 Å². The second kappa shape index (κ2) is 7.03. The van der Waals surface area contributed by atoms with Gasteiger partial charge in [-0.3, -0.25) is 9.59 Å². The van der Waals surface area contributed by atoms with Gasteiger partial charge in [-0.2, -0.15) is 0 Å². The predicted molar refractivity (Wildman–Crippen MR) is 88.3 cm³/mol. The summed E-state index contributed by atoms with van der Waals surface area (Å²) in [6.45, 7) is 3.86. The van der Waals surface area contributed by atoms with E-state index in [0.29, 0.717) is 11.3 Å². The fourth-order valence-electron chi connectivity index (χ4n) is 3.38. The normalized spacial score (nSPS) is 21.0. The molecule has 1 aliphatic rings. The number of hydrogen-bond donors (Lipinski definition) is 0. The van der Waals surface area contributed by atoms with Gasteiger partial charge in [-0.05, 0) is 45.2 Å². The monoisotopic (exact) mass is 330 g/mol. The fourth-order valence-corrected chi connectivity index (χ4v) is 3.38. The van der Waals surface area contributed by atoms with E-state index in [1.807, 2.05) is 36.9 Å². The zero-order valence-electron chi connectivity index (χ0n) is 14.0. The van der Waals surface area contributed by atoms with Crippen LogP contribution in [0, 0.1) is 0 Å². The van der Waals surface area contributed by atoms with Gasteiger partial charge in [0.05, 0.1) is 6.42 Å². The first-order chi connectivity index (χ1) is 11.6. The molecule has 0 saturated carbocycles. The van der Waals surface area contributed by atoms with Crippen molar-refractivity contribution >= 4 is 22.8 Å². The van der Waals surface area contributed by atoms with Gasteiger partial charge < -0.3 is 14.2 Å². The Labute approximate surface area is 140 Å². The number of likely N-dealkylation sites (tertiary alicyclic amines) is 1. The Bertz CT molecular complexity index is 729. The molecule has 1 aromatic heterocycles. The minimum Gasteiger partial charge on any atom is -0.455 e. The van der Waals surface area contributed by atoms with Gasteiger partial charge in [0.25, 0.3) is 5.91 Å². The Kier molecular flexibility index (Phi) is 4.83. The maximum Gasteiger partial charge on any atom is 0.312 e. The smallest absolute Gasteiger partial charge is 0.312 e. The minimum atomic E-state index is -0.472. The predicted octanol–water partition coefficient (Wildman–Crippen LogP) is 2.70. The van der Waals surface area contributed by atoms with Crippen molar-refractivity contribution in [2.24, 2.45) is 0 Å². The molecule has 24 heavy (non-hydrogen) atoms. The molecule has 1 aromatic carbocycles. The summed E-state index contributed by atoms with van der Waals surface area (Å²) < 4.78 is 10.3. The Morgan fingerprint density at radius 2 is 1.96 bits per heavy atom. The standard InChI is InChI=1S/C18H22N2O4/c1-12-6-5-7-13(2)20(12)17(21)11-23-18(22)10-15-14-8-3-4-9-16(14)24-19-15/h3-4,8-9,12-13H,5-7,10-11H2,1-2H3/t12-,13-/m0/s1. The Morgan fingerprint density at radius 1 is 1.25 bits per heavy atom. The van der Waals surface area contributed by atoms with E-state index in [-0.39, 0.29) is 31.0 Å². The van der Waals surface area contributed by atoms with E-state index >= 15 is 0 Å². The summed E-state index contributed by atoms with van der Waals surface area (Å²) in [5.74, 6) is -0.604. The zero-order chi connectivity index (χ0) is 17.1. The van der Waals surface area contributed by atoms with E-state index in [0.717, 1.165) is 24.6 Å². The summed E-state index contributed by atoms with van der Waals surface area (Å²) in [7, 11) is 0. The summed E-state index contributed by atoms with van der Waals surface area (Å²) in [5, 5.41) is 4.70. The molecule has 2 atom stereocenters. The Hall–Kier alpha value is -2.37. The molecule has 0 aliphatic carbocycles. The summed E-state index contributed by atoms with van der Waals surface area (Å²) in [5.41, 5.74) is 1.16. The number of carbonyl (C=O) groups excluding carboxylic acids is 2. The average molecular weight is 330 g/mol. The van der Waals surface area contributed by atoms with Crippen LogP contribution in [0.3, 0.4) is 0 Å². The Morgan fingerprint density at radius 3 is 2.71 bits per heavy atom. The summed E-state index contributed by atoms with van der Waals surface area (Å²) >= 11 is 0. The summed E-state index contributed by atoms with van der Waals surface area (Å²) in [6.07, 6.45) is 3.12. The topological polar surface area (TPSA) is 72.6 Å². The van der Waals surface area contributed by atoms with Crippen LogP contribution in [-0.2, 0) is 20.7 Å². The molecule has 0 bridgehead atoms. The van der Waals surface area contributed by atoms with Crippen LogP contribution in [-0.4, -0.2) is 40.6 Å². The molecule has 1 fully saturated rings. The van der Waals surface area contributed by atoms with Crippen molar-refractivity contribution in [3.63, 3.8) is 0 Å². The second-order valence-corrected chi connectivity index (χ2v) is 6.39. The van der Waals surface area contributed by atoms with Crippen LogP contribution in [0.2, 0.25) is 0 Å². The number of esters is 1. The maximum absolute atomic E-state index is 12.4. The van der Waals surface area contributed by atoms with Gasteiger partial charge in [-0.25, -0.2) is 0 Å². The van der Waals surface area contributed by atoms with Crippen LogP contribution in [0.4, 0.5) is 0 Å². The summed E-state index contributed by atoms with van der Waals surface area (Å²) in [4.78, 5) is 26.2. The van der Waals surface area contributed by atoms with Gasteiger partial charge in [0.2, 0.25) is 0 Å². The molecule has 128 valence electrons. The first kappa shape index (κ1) is 16.5. The Balaban J connectivity index is 1.56. The van der Waals surface area contributed by atoms with E-state index < -0.39 is 5.97 Å². The van der Waals surface area contributed by atoms with Crippen molar-refractivity contribution in [3.05, 3.63) is 30.0 Å². The molecule has 6 heteroatoms. The van der Waals surface area contributed by atoms with Gasteiger partial charge in [0, 0.05) is 17.5 Å². The highest BCUT2D eigenvalue weighted by Crippen LogP contribution is 2.22. The van der Waals surface area contributed by atoms with E-state index in [1.165, 1.54) is 0 Å². The molecule has 2 heterocycles. The van der Waals surface area contributed by atoms with Crippen LogP contribution in [0.5, 0.6) is 0 Å². The van der Waals surface area contributed by atoms with Crippen molar-refractivity contribution < 1.29 is 18.8 Å². The summed E-state index contributed by atoms with van der Waals surface area (Å²) in [6, 6.07) is 7.72. The van der Waals surface area contributed by atoms with Gasteiger partial charge in [-0.15, -0.1) is 0 Å². The highest BCUT2D eigenvalue weighted by atomic mass is 16.5. The average Bonchev–Trinajstić information content (AvgIpc) is 2.96. The lowest BCUT2D eigenvalue weighted by molar-refractivity contribution is -0.154. The molecule has 0 unspecified atom stereocenters. The minimum absolute atomic E-state index is 0.00456. The maximum atomic E-state index is 12.4. The third-order valence-corrected chi connectivity index (χ3v) is 4.60. The highest BCUT2D eigenvalue weighted by molar-refractivity contribution is 5.85. The number of para-hydroxylation sites is 1. The lowest BCUT2D eigenvalue weighted by Crippen LogP contribution is -2.49. The molecule has 6 nitrogen and oxygen atoms in total. The molecule has 1 amide bonds. The number of nitrogens with zero attached hydrogens (tertiary/aromatic N) is 2. The van der Waals surface area contributed by atoms with E-state index in [2.05, 4.69) is 5.16 Å². The van der Waals surface area contributed by atoms with Crippen molar-refractivity contribution in [2.45, 2.75) is 51.6 Å². The molecular formula is C18H22N2O4. The molecule has 3 rings (SSSR count). The van der Waals surface area contributed by atoms with Gasteiger partial charge in [0.1, 0.15) is 5.69 Å². The number of aromatic nitrogens is 1. The number of fused-ring (bicyclic) bond motifs is 1. The number of benzene rings is 1. The van der Waals surface area contributed by atoms with Crippen molar-refractivity contribution in [1.29, 1.82) is 0 Å². The number of carbonyl (C=O) groups is 2.